The van der Waals surface area contributed by atoms with Gasteiger partial charge in [-0.3, -0.25) is 4.79 Å². The first kappa shape index (κ1) is 16.9. The standard InChI is InChI=1S/C14H17NO5S/c1-2-6-12(14(17)18)15-13(16)9-10-21(19,20)11-7-4-3-5-8-11/h2-5,7-8,12H,1,6,9-10H2,(H,15,16)(H,17,18). The van der Waals surface area contributed by atoms with Gasteiger partial charge in [-0.2, -0.15) is 0 Å². The van der Waals surface area contributed by atoms with Crippen molar-refractivity contribution in [3.63, 3.8) is 0 Å². The lowest BCUT2D eigenvalue weighted by Gasteiger charge is -2.12. The molecule has 7 heteroatoms. The number of rotatable bonds is 8. The fourth-order valence-corrected chi connectivity index (χ4v) is 2.89. The van der Waals surface area contributed by atoms with Crippen molar-refractivity contribution in [2.24, 2.45) is 0 Å². The molecule has 0 aliphatic rings. The number of benzene rings is 1. The summed E-state index contributed by atoms with van der Waals surface area (Å²) in [7, 11) is -3.55. The number of carbonyl (C=O) groups excluding carboxylic acids is 1. The number of carboxylic acid groups (broad SMARTS) is 1. The molecule has 1 aromatic carbocycles. The number of hydrogen-bond acceptors (Lipinski definition) is 4. The fraction of sp³-hybridized carbons (Fsp3) is 0.286. The maximum absolute atomic E-state index is 12.0. The Morgan fingerprint density at radius 3 is 2.43 bits per heavy atom. The Hall–Kier alpha value is -2.15. The molecule has 21 heavy (non-hydrogen) atoms. The van der Waals surface area contributed by atoms with E-state index >= 15 is 0 Å². The van der Waals surface area contributed by atoms with Gasteiger partial charge in [0.2, 0.25) is 5.91 Å². The van der Waals surface area contributed by atoms with Crippen LogP contribution in [0.5, 0.6) is 0 Å². The summed E-state index contributed by atoms with van der Waals surface area (Å²) in [6, 6.07) is 6.69. The van der Waals surface area contributed by atoms with Crippen molar-refractivity contribution < 1.29 is 23.1 Å². The monoisotopic (exact) mass is 311 g/mol. The Kier molecular flexibility index (Phi) is 6.10. The maximum atomic E-state index is 12.0. The molecule has 0 saturated carbocycles. The van der Waals surface area contributed by atoms with Gasteiger partial charge in [-0.05, 0) is 18.6 Å². The summed E-state index contributed by atoms with van der Waals surface area (Å²) in [5.74, 6) is -2.18. The molecule has 0 aliphatic heterocycles. The third-order valence-electron chi connectivity index (χ3n) is 2.74. The highest BCUT2D eigenvalue weighted by atomic mass is 32.2. The topological polar surface area (TPSA) is 101 Å². The summed E-state index contributed by atoms with van der Waals surface area (Å²) in [6.45, 7) is 3.40. The Balaban J connectivity index is 2.60. The Labute approximate surface area is 123 Å². The van der Waals surface area contributed by atoms with Crippen LogP contribution in [0.2, 0.25) is 0 Å². The van der Waals surface area contributed by atoms with Gasteiger partial charge in [0, 0.05) is 6.42 Å². The maximum Gasteiger partial charge on any atom is 0.326 e. The van der Waals surface area contributed by atoms with Gasteiger partial charge in [-0.1, -0.05) is 24.3 Å². The van der Waals surface area contributed by atoms with E-state index in [4.69, 9.17) is 5.11 Å². The Morgan fingerprint density at radius 1 is 1.29 bits per heavy atom. The first-order valence-corrected chi connectivity index (χ1v) is 7.93. The Bertz CT molecular complexity index is 610. The molecule has 0 saturated heterocycles. The van der Waals surface area contributed by atoms with Gasteiger partial charge in [0.25, 0.3) is 0 Å². The van der Waals surface area contributed by atoms with E-state index in [1.807, 2.05) is 0 Å². The second kappa shape index (κ2) is 7.58. The molecule has 1 atom stereocenters. The van der Waals surface area contributed by atoms with E-state index in [1.54, 1.807) is 18.2 Å². The zero-order valence-corrected chi connectivity index (χ0v) is 12.2. The van der Waals surface area contributed by atoms with Crippen LogP contribution in [0.15, 0.2) is 47.9 Å². The lowest BCUT2D eigenvalue weighted by Crippen LogP contribution is -2.40. The second-order valence-corrected chi connectivity index (χ2v) is 6.47. The first-order chi connectivity index (χ1) is 9.86. The van der Waals surface area contributed by atoms with Gasteiger partial charge in [0.15, 0.2) is 9.84 Å². The first-order valence-electron chi connectivity index (χ1n) is 6.27. The minimum Gasteiger partial charge on any atom is -0.480 e. The largest absolute Gasteiger partial charge is 0.480 e. The average molecular weight is 311 g/mol. The molecule has 0 spiro atoms. The number of hydrogen-bond donors (Lipinski definition) is 2. The van der Waals surface area contributed by atoms with E-state index in [0.717, 1.165) is 0 Å². The molecule has 0 aliphatic carbocycles. The smallest absolute Gasteiger partial charge is 0.326 e. The van der Waals surface area contributed by atoms with Crippen LogP contribution in [-0.4, -0.2) is 37.2 Å². The van der Waals surface area contributed by atoms with Crippen LogP contribution in [0.4, 0.5) is 0 Å². The number of aliphatic carboxylic acids is 1. The highest BCUT2D eigenvalue weighted by molar-refractivity contribution is 7.91. The second-order valence-electron chi connectivity index (χ2n) is 4.36. The van der Waals surface area contributed by atoms with Crippen molar-refractivity contribution in [2.75, 3.05) is 5.75 Å². The summed E-state index contributed by atoms with van der Waals surface area (Å²) < 4.78 is 23.9. The van der Waals surface area contributed by atoms with Gasteiger partial charge < -0.3 is 10.4 Å². The van der Waals surface area contributed by atoms with Crippen LogP contribution in [0.25, 0.3) is 0 Å². The molecule has 0 bridgehead atoms. The number of sulfone groups is 1. The zero-order valence-electron chi connectivity index (χ0n) is 11.4. The molecule has 0 heterocycles. The predicted octanol–water partition coefficient (Wildman–Crippen LogP) is 0.996. The number of carbonyl (C=O) groups is 2. The highest BCUT2D eigenvalue weighted by Crippen LogP contribution is 2.11. The summed E-state index contributed by atoms with van der Waals surface area (Å²) >= 11 is 0. The van der Waals surface area contributed by atoms with Crippen molar-refractivity contribution in [1.82, 2.24) is 5.32 Å². The third kappa shape index (κ3) is 5.39. The Morgan fingerprint density at radius 2 is 1.90 bits per heavy atom. The van der Waals surface area contributed by atoms with Crippen molar-refractivity contribution in [2.45, 2.75) is 23.8 Å². The van der Waals surface area contributed by atoms with Gasteiger partial charge in [-0.25, -0.2) is 13.2 Å². The van der Waals surface area contributed by atoms with Gasteiger partial charge in [0.05, 0.1) is 10.6 Å². The van der Waals surface area contributed by atoms with Crippen LogP contribution in [0.1, 0.15) is 12.8 Å². The van der Waals surface area contributed by atoms with Gasteiger partial charge in [0.1, 0.15) is 6.04 Å². The van der Waals surface area contributed by atoms with E-state index in [-0.39, 0.29) is 23.5 Å². The van der Waals surface area contributed by atoms with Crippen molar-refractivity contribution in [1.29, 1.82) is 0 Å². The molecule has 0 radical (unpaired) electrons. The van der Waals surface area contributed by atoms with E-state index < -0.39 is 27.8 Å². The van der Waals surface area contributed by atoms with Crippen LogP contribution in [0, 0.1) is 0 Å². The molecule has 2 N–H and O–H groups in total. The molecule has 1 amide bonds. The van der Waals surface area contributed by atoms with Crippen LogP contribution in [-0.2, 0) is 19.4 Å². The molecule has 1 aromatic rings. The molecule has 6 nitrogen and oxygen atoms in total. The third-order valence-corrected chi connectivity index (χ3v) is 4.47. The minimum atomic E-state index is -3.55. The fourth-order valence-electron chi connectivity index (χ4n) is 1.63. The van der Waals surface area contributed by atoms with Gasteiger partial charge >= 0.3 is 5.97 Å². The molecule has 0 fully saturated rings. The van der Waals surface area contributed by atoms with Crippen LogP contribution < -0.4 is 5.32 Å². The summed E-state index contributed by atoms with van der Waals surface area (Å²) in [5.41, 5.74) is 0. The number of carboxylic acids is 1. The number of amides is 1. The quantitative estimate of drug-likeness (QED) is 0.697. The minimum absolute atomic E-state index is 0.0759. The summed E-state index contributed by atoms with van der Waals surface area (Å²) in [6.07, 6.45) is 1.16. The lowest BCUT2D eigenvalue weighted by atomic mass is 10.2. The zero-order chi connectivity index (χ0) is 15.9. The van der Waals surface area contributed by atoms with E-state index in [2.05, 4.69) is 11.9 Å². The van der Waals surface area contributed by atoms with E-state index in [1.165, 1.54) is 18.2 Å². The molecule has 114 valence electrons. The molecule has 0 aromatic heterocycles. The predicted molar refractivity (Wildman–Crippen MR) is 77.5 cm³/mol. The molecule has 1 rings (SSSR count). The molecule has 1 unspecified atom stereocenters. The van der Waals surface area contributed by atoms with E-state index in [0.29, 0.717) is 0 Å². The molecular weight excluding hydrogens is 294 g/mol. The molecular formula is C14H17NO5S. The lowest BCUT2D eigenvalue weighted by molar-refractivity contribution is -0.141. The van der Waals surface area contributed by atoms with E-state index in [9.17, 15) is 18.0 Å². The van der Waals surface area contributed by atoms with Crippen LogP contribution in [0.3, 0.4) is 0 Å². The van der Waals surface area contributed by atoms with Crippen LogP contribution >= 0.6 is 0 Å². The summed E-state index contributed by atoms with van der Waals surface area (Å²) in [5, 5.41) is 11.1. The average Bonchev–Trinajstić information content (AvgIpc) is 2.45. The van der Waals surface area contributed by atoms with Gasteiger partial charge in [-0.15, -0.1) is 6.58 Å². The van der Waals surface area contributed by atoms with Crippen molar-refractivity contribution in [3.8, 4) is 0 Å². The van der Waals surface area contributed by atoms with Crippen molar-refractivity contribution >= 4 is 21.7 Å². The summed E-state index contributed by atoms with van der Waals surface area (Å²) in [4.78, 5) is 22.6. The normalized spacial score (nSPS) is 12.4. The van der Waals surface area contributed by atoms with Crippen molar-refractivity contribution in [3.05, 3.63) is 43.0 Å². The highest BCUT2D eigenvalue weighted by Gasteiger charge is 2.20. The number of nitrogens with one attached hydrogen (secondary N) is 1. The SMILES string of the molecule is C=CCC(NC(=O)CCS(=O)(=O)c1ccccc1)C(=O)O.